The van der Waals surface area contributed by atoms with E-state index in [0.29, 0.717) is 13.2 Å². The molecule has 0 unspecified atom stereocenters. The minimum Gasteiger partial charge on any atom is -0.464 e. The number of anilines is 1. The molecular formula is C15H17N3O2. The first-order chi connectivity index (χ1) is 9.66. The molecule has 0 bridgehead atoms. The van der Waals surface area contributed by atoms with Crippen LogP contribution in [-0.4, -0.2) is 29.1 Å². The van der Waals surface area contributed by atoms with E-state index in [0.717, 1.165) is 22.6 Å². The molecule has 5 heteroatoms. The van der Waals surface area contributed by atoms with Crippen molar-refractivity contribution in [3.63, 3.8) is 0 Å². The fraction of sp³-hybridized carbons (Fsp3) is 0.267. The maximum atomic E-state index is 10.6. The maximum Gasteiger partial charge on any atom is 0.302 e. The van der Waals surface area contributed by atoms with E-state index in [2.05, 4.69) is 15.3 Å². The van der Waals surface area contributed by atoms with Gasteiger partial charge < -0.3 is 10.1 Å². The number of aryl methyl sites for hydroxylation is 1. The Morgan fingerprint density at radius 2 is 2.00 bits per heavy atom. The zero-order chi connectivity index (χ0) is 14.4. The predicted octanol–water partition coefficient (Wildman–Crippen LogP) is 2.43. The van der Waals surface area contributed by atoms with Gasteiger partial charge in [-0.2, -0.15) is 0 Å². The van der Waals surface area contributed by atoms with Gasteiger partial charge in [-0.05, 0) is 36.8 Å². The van der Waals surface area contributed by atoms with E-state index in [9.17, 15) is 4.79 Å². The van der Waals surface area contributed by atoms with E-state index in [-0.39, 0.29) is 5.97 Å². The second-order valence-electron chi connectivity index (χ2n) is 4.33. The zero-order valence-electron chi connectivity index (χ0n) is 11.6. The first-order valence-electron chi connectivity index (χ1n) is 6.42. The van der Waals surface area contributed by atoms with Gasteiger partial charge in [0.05, 0.1) is 6.54 Å². The fourth-order valence-corrected chi connectivity index (χ4v) is 1.87. The van der Waals surface area contributed by atoms with Crippen molar-refractivity contribution in [3.8, 4) is 11.1 Å². The topological polar surface area (TPSA) is 64.1 Å². The third kappa shape index (κ3) is 3.78. The number of nitrogens with one attached hydrogen (secondary N) is 1. The number of carbonyl (C=O) groups is 1. The van der Waals surface area contributed by atoms with Crippen LogP contribution in [0, 0.1) is 6.92 Å². The molecule has 0 spiro atoms. The van der Waals surface area contributed by atoms with Gasteiger partial charge >= 0.3 is 5.97 Å². The van der Waals surface area contributed by atoms with Gasteiger partial charge in [-0.3, -0.25) is 9.78 Å². The van der Waals surface area contributed by atoms with Crippen molar-refractivity contribution in [1.29, 1.82) is 0 Å². The second kappa shape index (κ2) is 6.65. The lowest BCUT2D eigenvalue weighted by atomic mass is 10.1. The van der Waals surface area contributed by atoms with Gasteiger partial charge in [0.1, 0.15) is 12.4 Å². The summed E-state index contributed by atoms with van der Waals surface area (Å²) < 4.78 is 4.85. The number of ether oxygens (including phenoxy) is 1. The van der Waals surface area contributed by atoms with E-state index in [1.165, 1.54) is 6.92 Å². The molecule has 0 saturated carbocycles. The van der Waals surface area contributed by atoms with Crippen molar-refractivity contribution < 1.29 is 9.53 Å². The Kier molecular flexibility index (Phi) is 4.65. The Morgan fingerprint density at radius 3 is 2.65 bits per heavy atom. The average molecular weight is 271 g/mol. The Bertz CT molecular complexity index is 585. The third-order valence-electron chi connectivity index (χ3n) is 2.79. The molecule has 0 aliphatic carbocycles. The molecule has 2 heterocycles. The number of nitrogens with zero attached hydrogens (tertiary/aromatic N) is 2. The van der Waals surface area contributed by atoms with Crippen LogP contribution in [0.2, 0.25) is 0 Å². The lowest BCUT2D eigenvalue weighted by Crippen LogP contribution is -2.12. The number of pyridine rings is 2. The van der Waals surface area contributed by atoms with Crippen LogP contribution in [0.15, 0.2) is 36.7 Å². The van der Waals surface area contributed by atoms with Gasteiger partial charge in [0.2, 0.25) is 0 Å². The van der Waals surface area contributed by atoms with Gasteiger partial charge in [0.15, 0.2) is 0 Å². The summed E-state index contributed by atoms with van der Waals surface area (Å²) >= 11 is 0. The molecule has 0 amide bonds. The summed E-state index contributed by atoms with van der Waals surface area (Å²) in [6.07, 6.45) is 3.53. The summed E-state index contributed by atoms with van der Waals surface area (Å²) in [6.45, 7) is 4.24. The molecule has 2 aromatic heterocycles. The molecule has 0 aromatic carbocycles. The number of aromatic nitrogens is 2. The quantitative estimate of drug-likeness (QED) is 0.668. The van der Waals surface area contributed by atoms with Crippen LogP contribution in [0.1, 0.15) is 12.6 Å². The van der Waals surface area contributed by atoms with Crippen molar-refractivity contribution in [1.82, 2.24) is 9.97 Å². The van der Waals surface area contributed by atoms with Crippen LogP contribution in [0.5, 0.6) is 0 Å². The highest BCUT2D eigenvalue weighted by Gasteiger charge is 2.04. The largest absolute Gasteiger partial charge is 0.464 e. The molecule has 0 saturated heterocycles. The first kappa shape index (κ1) is 14.0. The van der Waals surface area contributed by atoms with E-state index >= 15 is 0 Å². The molecule has 1 N–H and O–H groups in total. The molecular weight excluding hydrogens is 254 g/mol. The van der Waals surface area contributed by atoms with Gasteiger partial charge in [0.25, 0.3) is 0 Å². The number of esters is 1. The molecule has 0 fully saturated rings. The highest BCUT2D eigenvalue weighted by molar-refractivity contribution is 5.67. The number of hydrogen-bond donors (Lipinski definition) is 1. The number of hydrogen-bond acceptors (Lipinski definition) is 5. The summed E-state index contributed by atoms with van der Waals surface area (Å²) in [5.41, 5.74) is 3.11. The summed E-state index contributed by atoms with van der Waals surface area (Å²) in [6, 6.07) is 7.85. The van der Waals surface area contributed by atoms with Gasteiger partial charge in [0, 0.05) is 30.6 Å². The molecule has 2 aromatic rings. The summed E-state index contributed by atoms with van der Waals surface area (Å²) in [4.78, 5) is 19.1. The highest BCUT2D eigenvalue weighted by Crippen LogP contribution is 2.22. The molecule has 2 rings (SSSR count). The van der Waals surface area contributed by atoms with E-state index in [4.69, 9.17) is 4.74 Å². The minimum absolute atomic E-state index is 0.274. The first-order valence-corrected chi connectivity index (χ1v) is 6.42. The van der Waals surface area contributed by atoms with Crippen molar-refractivity contribution in [3.05, 3.63) is 42.4 Å². The van der Waals surface area contributed by atoms with Crippen LogP contribution in [0.3, 0.4) is 0 Å². The van der Waals surface area contributed by atoms with Crippen molar-refractivity contribution in [2.45, 2.75) is 13.8 Å². The van der Waals surface area contributed by atoms with Gasteiger partial charge in [-0.15, -0.1) is 0 Å². The normalized spacial score (nSPS) is 10.1. The molecule has 0 aliphatic heterocycles. The molecule has 104 valence electrons. The Hall–Kier alpha value is -2.43. The highest BCUT2D eigenvalue weighted by atomic mass is 16.5. The van der Waals surface area contributed by atoms with Crippen molar-refractivity contribution >= 4 is 11.8 Å². The smallest absolute Gasteiger partial charge is 0.302 e. The lowest BCUT2D eigenvalue weighted by molar-refractivity contribution is -0.140. The summed E-state index contributed by atoms with van der Waals surface area (Å²) in [5.74, 6) is 0.497. The van der Waals surface area contributed by atoms with E-state index in [1.807, 2.05) is 31.2 Å². The zero-order valence-corrected chi connectivity index (χ0v) is 11.6. The van der Waals surface area contributed by atoms with Gasteiger partial charge in [-0.25, -0.2) is 4.98 Å². The second-order valence-corrected chi connectivity index (χ2v) is 4.33. The standard InChI is InChI=1S/C15H17N3O2/c1-11-14(13-5-7-16-8-6-13)3-4-15(18-11)17-9-10-20-12(2)19/h3-8H,9-10H2,1-2H3,(H,17,18). The van der Waals surface area contributed by atoms with E-state index < -0.39 is 0 Å². The summed E-state index contributed by atoms with van der Waals surface area (Å²) in [5, 5.41) is 3.12. The van der Waals surface area contributed by atoms with Crippen LogP contribution >= 0.6 is 0 Å². The fourth-order valence-electron chi connectivity index (χ4n) is 1.87. The van der Waals surface area contributed by atoms with Crippen molar-refractivity contribution in [2.75, 3.05) is 18.5 Å². The van der Waals surface area contributed by atoms with E-state index in [1.54, 1.807) is 12.4 Å². The Labute approximate surface area is 118 Å². The van der Waals surface area contributed by atoms with Crippen LogP contribution < -0.4 is 5.32 Å². The predicted molar refractivity (Wildman–Crippen MR) is 77.3 cm³/mol. The molecule has 0 radical (unpaired) electrons. The average Bonchev–Trinajstić information content (AvgIpc) is 2.44. The minimum atomic E-state index is -0.274. The Balaban J connectivity index is 2.01. The maximum absolute atomic E-state index is 10.6. The molecule has 20 heavy (non-hydrogen) atoms. The summed E-state index contributed by atoms with van der Waals surface area (Å²) in [7, 11) is 0. The Morgan fingerprint density at radius 1 is 1.25 bits per heavy atom. The van der Waals surface area contributed by atoms with Gasteiger partial charge in [-0.1, -0.05) is 0 Å². The van der Waals surface area contributed by atoms with Crippen LogP contribution in [-0.2, 0) is 9.53 Å². The molecule has 0 aliphatic rings. The third-order valence-corrected chi connectivity index (χ3v) is 2.79. The van der Waals surface area contributed by atoms with Crippen LogP contribution in [0.25, 0.3) is 11.1 Å². The SMILES string of the molecule is CC(=O)OCCNc1ccc(-c2ccncc2)c(C)n1. The monoisotopic (exact) mass is 271 g/mol. The molecule has 5 nitrogen and oxygen atoms in total. The van der Waals surface area contributed by atoms with Crippen molar-refractivity contribution in [2.24, 2.45) is 0 Å². The number of rotatable bonds is 5. The van der Waals surface area contributed by atoms with Crippen LogP contribution in [0.4, 0.5) is 5.82 Å². The number of carbonyl (C=O) groups excluding carboxylic acids is 1. The molecule has 0 atom stereocenters. The lowest BCUT2D eigenvalue weighted by Gasteiger charge is -2.09.